The van der Waals surface area contributed by atoms with Crippen LogP contribution in [0.1, 0.15) is 59.8 Å². The Morgan fingerprint density at radius 3 is 2.50 bits per heavy atom. The van der Waals surface area contributed by atoms with Gasteiger partial charge in [-0.05, 0) is 50.4 Å². The van der Waals surface area contributed by atoms with Crippen LogP contribution in [0.25, 0.3) is 0 Å². The van der Waals surface area contributed by atoms with E-state index >= 15 is 0 Å². The van der Waals surface area contributed by atoms with E-state index in [0.29, 0.717) is 17.1 Å². The summed E-state index contributed by atoms with van der Waals surface area (Å²) in [4.78, 5) is 11.5. The van der Waals surface area contributed by atoms with Crippen LogP contribution < -0.4 is 0 Å². The number of ketones is 1. The van der Waals surface area contributed by atoms with Crippen LogP contribution in [0.5, 0.6) is 0 Å². The van der Waals surface area contributed by atoms with Gasteiger partial charge in [0.25, 0.3) is 0 Å². The molecule has 2 aliphatic rings. The van der Waals surface area contributed by atoms with Crippen molar-refractivity contribution >= 4 is 5.78 Å². The highest BCUT2D eigenvalue weighted by Crippen LogP contribution is 2.50. The van der Waals surface area contributed by atoms with Crippen LogP contribution in [0.2, 0.25) is 0 Å². The van der Waals surface area contributed by atoms with Crippen molar-refractivity contribution < 1.29 is 4.79 Å². The third kappa shape index (κ3) is 1.85. The Hall–Kier alpha value is -0.590. The summed E-state index contributed by atoms with van der Waals surface area (Å²) in [5.74, 6) is 1.46. The van der Waals surface area contributed by atoms with Crippen molar-refractivity contribution in [2.75, 3.05) is 0 Å². The van der Waals surface area contributed by atoms with Crippen molar-refractivity contribution in [1.82, 2.24) is 0 Å². The van der Waals surface area contributed by atoms with Crippen molar-refractivity contribution in [1.29, 1.82) is 0 Å². The van der Waals surface area contributed by atoms with E-state index in [4.69, 9.17) is 0 Å². The molecule has 16 heavy (non-hydrogen) atoms. The minimum atomic E-state index is 0.309. The lowest BCUT2D eigenvalue weighted by Crippen LogP contribution is -2.33. The molecule has 0 spiro atoms. The smallest absolute Gasteiger partial charge is 0.133 e. The van der Waals surface area contributed by atoms with Crippen molar-refractivity contribution in [2.24, 2.45) is 17.3 Å². The molecule has 0 radical (unpaired) electrons. The van der Waals surface area contributed by atoms with Crippen LogP contribution in [0.3, 0.4) is 0 Å². The maximum Gasteiger partial charge on any atom is 0.133 e. The zero-order chi connectivity index (χ0) is 11.9. The third-order valence-corrected chi connectivity index (χ3v) is 5.14. The van der Waals surface area contributed by atoms with E-state index in [1.54, 1.807) is 18.1 Å². The van der Waals surface area contributed by atoms with Crippen LogP contribution in [-0.2, 0) is 4.79 Å². The largest absolute Gasteiger partial charge is 0.300 e. The van der Waals surface area contributed by atoms with Gasteiger partial charge in [0.2, 0.25) is 0 Å². The molecule has 1 heteroatoms. The first-order chi connectivity index (χ1) is 7.43. The fraction of sp³-hybridized carbons (Fsp3) is 0.800. The van der Waals surface area contributed by atoms with Crippen molar-refractivity contribution in [3.05, 3.63) is 11.1 Å². The number of hydrogen-bond acceptors (Lipinski definition) is 1. The molecule has 1 nitrogen and oxygen atoms in total. The van der Waals surface area contributed by atoms with E-state index in [2.05, 4.69) is 20.8 Å². The van der Waals surface area contributed by atoms with E-state index in [1.165, 1.54) is 19.3 Å². The SMILES string of the molecule is CC(=O)C1CCC2=C(C1)C(C)(C)C(C)CC2. The van der Waals surface area contributed by atoms with E-state index in [1.807, 2.05) is 0 Å². The first-order valence-corrected chi connectivity index (χ1v) is 6.64. The average molecular weight is 220 g/mol. The zero-order valence-electron chi connectivity index (χ0n) is 11.1. The van der Waals surface area contributed by atoms with E-state index < -0.39 is 0 Å². The Labute approximate surface area is 99.3 Å². The second-order valence-electron chi connectivity index (χ2n) is 6.29. The van der Waals surface area contributed by atoms with Crippen LogP contribution in [0.15, 0.2) is 11.1 Å². The number of hydrogen-bond donors (Lipinski definition) is 0. The molecule has 0 saturated carbocycles. The molecule has 90 valence electrons. The Morgan fingerprint density at radius 2 is 1.88 bits per heavy atom. The van der Waals surface area contributed by atoms with E-state index in [0.717, 1.165) is 18.8 Å². The molecule has 0 amide bonds. The molecule has 0 saturated heterocycles. The molecule has 0 N–H and O–H groups in total. The highest BCUT2D eigenvalue weighted by Gasteiger charge is 2.38. The van der Waals surface area contributed by atoms with Crippen molar-refractivity contribution in [3.8, 4) is 0 Å². The quantitative estimate of drug-likeness (QED) is 0.607. The predicted molar refractivity (Wildman–Crippen MR) is 67.2 cm³/mol. The van der Waals surface area contributed by atoms with Gasteiger partial charge in [0.15, 0.2) is 0 Å². The number of carbonyl (C=O) groups is 1. The summed E-state index contributed by atoms with van der Waals surface area (Å²) in [6.45, 7) is 8.86. The number of Topliss-reactive ketones (excluding diaryl/α,β-unsaturated/α-hetero) is 1. The van der Waals surface area contributed by atoms with Gasteiger partial charge < -0.3 is 0 Å². The van der Waals surface area contributed by atoms with Crippen LogP contribution >= 0.6 is 0 Å². The van der Waals surface area contributed by atoms with E-state index in [9.17, 15) is 4.79 Å². The third-order valence-electron chi connectivity index (χ3n) is 5.14. The summed E-state index contributed by atoms with van der Waals surface area (Å²) < 4.78 is 0. The maximum atomic E-state index is 11.5. The minimum Gasteiger partial charge on any atom is -0.300 e. The molecule has 0 aromatic rings. The van der Waals surface area contributed by atoms with Crippen molar-refractivity contribution in [2.45, 2.75) is 59.8 Å². The first kappa shape index (κ1) is 11.9. The summed E-state index contributed by atoms with van der Waals surface area (Å²) in [7, 11) is 0. The van der Waals surface area contributed by atoms with Gasteiger partial charge in [0.1, 0.15) is 5.78 Å². The summed E-state index contributed by atoms with van der Waals surface area (Å²) in [5, 5.41) is 0. The first-order valence-electron chi connectivity index (χ1n) is 6.64. The minimum absolute atomic E-state index is 0.309. The molecule has 2 atom stereocenters. The molecular weight excluding hydrogens is 196 g/mol. The molecule has 0 heterocycles. The molecular formula is C15H24O. The summed E-state index contributed by atoms with van der Waals surface area (Å²) in [6, 6.07) is 0. The van der Waals surface area contributed by atoms with Gasteiger partial charge in [-0.1, -0.05) is 31.9 Å². The number of carbonyl (C=O) groups excluding carboxylic acids is 1. The van der Waals surface area contributed by atoms with Gasteiger partial charge in [-0.2, -0.15) is 0 Å². The molecule has 2 rings (SSSR count). The Morgan fingerprint density at radius 1 is 1.25 bits per heavy atom. The molecule has 0 aromatic heterocycles. The summed E-state index contributed by atoms with van der Waals surface area (Å²) in [5.41, 5.74) is 3.63. The average Bonchev–Trinajstić information content (AvgIpc) is 2.23. The van der Waals surface area contributed by atoms with Gasteiger partial charge in [0, 0.05) is 5.92 Å². The normalized spacial score (nSPS) is 33.5. The number of rotatable bonds is 1. The monoisotopic (exact) mass is 220 g/mol. The van der Waals surface area contributed by atoms with Crippen LogP contribution in [0.4, 0.5) is 0 Å². The summed E-state index contributed by atoms with van der Waals surface area (Å²) in [6.07, 6.45) is 5.93. The zero-order valence-corrected chi connectivity index (χ0v) is 11.1. The topological polar surface area (TPSA) is 17.1 Å². The standard InChI is InChI=1S/C15H24O/c1-10-5-6-12-7-8-13(11(2)16)9-14(12)15(10,3)4/h10,13H,5-9H2,1-4H3. The second-order valence-corrected chi connectivity index (χ2v) is 6.29. The highest BCUT2D eigenvalue weighted by atomic mass is 16.1. The Bertz CT molecular complexity index is 335. The maximum absolute atomic E-state index is 11.5. The Balaban J connectivity index is 2.29. The van der Waals surface area contributed by atoms with Gasteiger partial charge in [-0.15, -0.1) is 0 Å². The lowest BCUT2D eigenvalue weighted by molar-refractivity contribution is -0.121. The van der Waals surface area contributed by atoms with Crippen LogP contribution in [0, 0.1) is 17.3 Å². The van der Waals surface area contributed by atoms with Crippen LogP contribution in [-0.4, -0.2) is 5.78 Å². The van der Waals surface area contributed by atoms with Crippen molar-refractivity contribution in [3.63, 3.8) is 0 Å². The molecule has 0 bridgehead atoms. The molecule has 2 unspecified atom stereocenters. The lowest BCUT2D eigenvalue weighted by atomic mass is 9.61. The second kappa shape index (κ2) is 4.01. The number of allylic oxidation sites excluding steroid dienone is 2. The molecule has 2 aliphatic carbocycles. The molecule has 0 fully saturated rings. The lowest BCUT2D eigenvalue weighted by Gasteiger charge is -2.44. The molecule has 0 aromatic carbocycles. The Kier molecular flexibility index (Phi) is 2.98. The van der Waals surface area contributed by atoms with Gasteiger partial charge in [-0.25, -0.2) is 0 Å². The van der Waals surface area contributed by atoms with Gasteiger partial charge in [0.05, 0.1) is 0 Å². The highest BCUT2D eigenvalue weighted by molar-refractivity contribution is 5.79. The molecule has 0 aliphatic heterocycles. The fourth-order valence-electron chi connectivity index (χ4n) is 3.38. The summed E-state index contributed by atoms with van der Waals surface area (Å²) >= 11 is 0. The fourth-order valence-corrected chi connectivity index (χ4v) is 3.38. The van der Waals surface area contributed by atoms with E-state index in [-0.39, 0.29) is 0 Å². The predicted octanol–water partition coefficient (Wildman–Crippen LogP) is 4.13. The van der Waals surface area contributed by atoms with Gasteiger partial charge >= 0.3 is 0 Å². The van der Waals surface area contributed by atoms with Gasteiger partial charge in [-0.3, -0.25) is 4.79 Å².